The minimum absolute atomic E-state index is 0.0933. The van der Waals surface area contributed by atoms with Gasteiger partial charge in [-0.3, -0.25) is 4.79 Å². The molecule has 41 heavy (non-hydrogen) atoms. The second-order valence-corrected chi connectivity index (χ2v) is 10.2. The van der Waals surface area contributed by atoms with Crippen molar-refractivity contribution >= 4 is 11.9 Å². The number of hydrogen-bond acceptors (Lipinski definition) is 12. The van der Waals surface area contributed by atoms with Gasteiger partial charge in [0, 0.05) is 11.6 Å². The van der Waals surface area contributed by atoms with E-state index in [0.29, 0.717) is 5.56 Å². The molecule has 5 rings (SSSR count). The molecule has 5 atom stereocenters. The monoisotopic (exact) mass is 568 g/mol. The molecule has 7 N–H and O–H groups in total. The van der Waals surface area contributed by atoms with Crippen LogP contribution in [0.2, 0.25) is 0 Å². The molecule has 0 bridgehead atoms. The van der Waals surface area contributed by atoms with Crippen molar-refractivity contribution in [2.45, 2.75) is 43.2 Å². The molecule has 0 unspecified atom stereocenters. The number of esters is 2. The molecular formula is C29H28O12. The van der Waals surface area contributed by atoms with E-state index in [2.05, 4.69) is 0 Å². The van der Waals surface area contributed by atoms with Gasteiger partial charge in [-0.15, -0.1) is 0 Å². The lowest BCUT2D eigenvalue weighted by Crippen LogP contribution is -2.54. The first-order valence-corrected chi connectivity index (χ1v) is 12.8. The zero-order chi connectivity index (χ0) is 29.5. The molecule has 0 aliphatic carbocycles. The summed E-state index contributed by atoms with van der Waals surface area (Å²) in [6.07, 6.45) is -3.47. The maximum atomic E-state index is 13.4. The molecule has 12 nitrogen and oxygen atoms in total. The van der Waals surface area contributed by atoms with E-state index in [9.17, 15) is 45.3 Å². The highest BCUT2D eigenvalue weighted by atomic mass is 16.6. The highest BCUT2D eigenvalue weighted by Gasteiger charge is 2.57. The SMILES string of the molecule is O=C(O[C@@H]1[C@@H](O)CO[C@@H]1[C@]1(c2ccc(O)c(O)c2)CC[C@H](Cc2ccc(O)c(O)c2)C(=O)O1)c1cc(O)cc(O)c1. The maximum Gasteiger partial charge on any atom is 0.338 e. The Morgan fingerprint density at radius 1 is 0.878 bits per heavy atom. The van der Waals surface area contributed by atoms with Crippen molar-refractivity contribution < 1.29 is 59.5 Å². The predicted molar refractivity (Wildman–Crippen MR) is 138 cm³/mol. The molecule has 2 saturated heterocycles. The van der Waals surface area contributed by atoms with Crippen LogP contribution in [0.1, 0.15) is 34.3 Å². The molecule has 0 saturated carbocycles. The molecule has 12 heteroatoms. The van der Waals surface area contributed by atoms with Crippen molar-refractivity contribution in [2.75, 3.05) is 6.61 Å². The number of aliphatic hydroxyl groups is 1. The van der Waals surface area contributed by atoms with E-state index in [1.807, 2.05) is 0 Å². The van der Waals surface area contributed by atoms with Crippen LogP contribution in [0.15, 0.2) is 54.6 Å². The molecule has 2 aliphatic rings. The smallest absolute Gasteiger partial charge is 0.338 e. The Bertz CT molecular complexity index is 1470. The van der Waals surface area contributed by atoms with Gasteiger partial charge >= 0.3 is 11.9 Å². The van der Waals surface area contributed by atoms with Gasteiger partial charge < -0.3 is 50.0 Å². The largest absolute Gasteiger partial charge is 0.508 e. The minimum atomic E-state index is -1.67. The van der Waals surface area contributed by atoms with Crippen LogP contribution in [-0.4, -0.2) is 72.6 Å². The fraction of sp³-hybridized carbons (Fsp3) is 0.310. The number of benzene rings is 3. The van der Waals surface area contributed by atoms with Gasteiger partial charge in [0.2, 0.25) is 0 Å². The third-order valence-corrected chi connectivity index (χ3v) is 7.43. The topological polar surface area (TPSA) is 203 Å². The van der Waals surface area contributed by atoms with Crippen LogP contribution in [0.3, 0.4) is 0 Å². The molecule has 0 radical (unpaired) electrons. The first-order valence-electron chi connectivity index (χ1n) is 12.8. The Labute approximate surface area is 233 Å². The number of phenols is 6. The highest BCUT2D eigenvalue weighted by molar-refractivity contribution is 5.90. The molecule has 2 heterocycles. The van der Waals surface area contributed by atoms with Gasteiger partial charge in [0.15, 0.2) is 34.7 Å². The van der Waals surface area contributed by atoms with Crippen LogP contribution >= 0.6 is 0 Å². The number of aromatic hydroxyl groups is 6. The van der Waals surface area contributed by atoms with E-state index in [4.69, 9.17) is 14.2 Å². The molecule has 2 fully saturated rings. The Balaban J connectivity index is 1.47. The van der Waals surface area contributed by atoms with E-state index in [0.717, 1.165) is 18.2 Å². The van der Waals surface area contributed by atoms with Crippen LogP contribution < -0.4 is 0 Å². The molecule has 0 aromatic heterocycles. The molecule has 2 aliphatic heterocycles. The van der Waals surface area contributed by atoms with Gasteiger partial charge in [-0.05, 0) is 61.2 Å². The van der Waals surface area contributed by atoms with E-state index in [1.165, 1.54) is 30.3 Å². The normalized spacial score (nSPS) is 25.9. The van der Waals surface area contributed by atoms with Crippen LogP contribution in [0.25, 0.3) is 0 Å². The van der Waals surface area contributed by atoms with Crippen LogP contribution in [0, 0.1) is 5.92 Å². The Morgan fingerprint density at radius 2 is 1.54 bits per heavy atom. The lowest BCUT2D eigenvalue weighted by Gasteiger charge is -2.44. The van der Waals surface area contributed by atoms with Crippen LogP contribution in [-0.2, 0) is 31.0 Å². The number of hydrogen-bond donors (Lipinski definition) is 7. The fourth-order valence-corrected chi connectivity index (χ4v) is 5.38. The van der Waals surface area contributed by atoms with Gasteiger partial charge in [0.05, 0.1) is 18.1 Å². The number of carbonyl (C=O) groups is 2. The van der Waals surface area contributed by atoms with E-state index < -0.39 is 53.3 Å². The highest BCUT2D eigenvalue weighted by Crippen LogP contribution is 2.48. The number of ether oxygens (including phenoxy) is 3. The maximum absolute atomic E-state index is 13.4. The summed E-state index contributed by atoms with van der Waals surface area (Å²) in [5, 5.41) is 69.9. The molecule has 216 valence electrons. The number of aliphatic hydroxyl groups excluding tert-OH is 1. The Morgan fingerprint density at radius 3 is 2.17 bits per heavy atom. The number of phenolic OH excluding ortho intramolecular Hbond substituents is 6. The first-order chi connectivity index (χ1) is 19.5. The van der Waals surface area contributed by atoms with E-state index in [-0.39, 0.29) is 60.0 Å². The number of carbonyl (C=O) groups excluding carboxylic acids is 2. The zero-order valence-corrected chi connectivity index (χ0v) is 21.5. The van der Waals surface area contributed by atoms with Crippen molar-refractivity contribution in [3.63, 3.8) is 0 Å². The Kier molecular flexibility index (Phi) is 7.28. The summed E-state index contributed by atoms with van der Waals surface area (Å²) in [6.45, 7) is -0.284. The Hall–Kier alpha value is -4.68. The quantitative estimate of drug-likeness (QED) is 0.169. The third-order valence-electron chi connectivity index (χ3n) is 7.43. The van der Waals surface area contributed by atoms with Crippen molar-refractivity contribution in [3.8, 4) is 34.5 Å². The minimum Gasteiger partial charge on any atom is -0.508 e. The summed E-state index contributed by atoms with van der Waals surface area (Å²) in [5.74, 6) is -4.65. The molecule has 3 aromatic rings. The van der Waals surface area contributed by atoms with Crippen molar-refractivity contribution in [2.24, 2.45) is 5.92 Å². The molecule has 0 amide bonds. The molecule has 3 aromatic carbocycles. The van der Waals surface area contributed by atoms with Gasteiger partial charge in [0.25, 0.3) is 0 Å². The summed E-state index contributed by atoms with van der Waals surface area (Å²) in [7, 11) is 0. The van der Waals surface area contributed by atoms with Gasteiger partial charge in [-0.1, -0.05) is 12.1 Å². The van der Waals surface area contributed by atoms with Crippen LogP contribution in [0.5, 0.6) is 34.5 Å². The first kappa shape index (κ1) is 27.9. The summed E-state index contributed by atoms with van der Waals surface area (Å²) >= 11 is 0. The van der Waals surface area contributed by atoms with Crippen molar-refractivity contribution in [3.05, 3.63) is 71.3 Å². The molecular weight excluding hydrogens is 540 g/mol. The van der Waals surface area contributed by atoms with Crippen molar-refractivity contribution in [1.82, 2.24) is 0 Å². The average Bonchev–Trinajstić information content (AvgIpc) is 3.28. The lowest BCUT2D eigenvalue weighted by molar-refractivity contribution is -0.203. The van der Waals surface area contributed by atoms with E-state index >= 15 is 0 Å². The van der Waals surface area contributed by atoms with Gasteiger partial charge in [-0.2, -0.15) is 0 Å². The number of rotatable bonds is 6. The standard InChI is InChI=1S/C29H28O12/c30-18-9-16(10-19(31)12-18)27(37)40-25-24(36)13-39-26(25)29(17-2-4-21(33)23(35)11-17)6-5-15(28(38)41-29)7-14-1-3-20(32)22(34)8-14/h1-4,8-12,15,24-26,30-36H,5-7,13H2/t15-,24+,25-,26+,29-/m1/s1. The lowest BCUT2D eigenvalue weighted by atomic mass is 9.76. The molecule has 0 spiro atoms. The average molecular weight is 569 g/mol. The van der Waals surface area contributed by atoms with Crippen molar-refractivity contribution in [1.29, 1.82) is 0 Å². The summed E-state index contributed by atoms with van der Waals surface area (Å²) in [4.78, 5) is 26.4. The predicted octanol–water partition coefficient (Wildman–Crippen LogP) is 2.30. The zero-order valence-electron chi connectivity index (χ0n) is 21.5. The second kappa shape index (κ2) is 10.7. The summed E-state index contributed by atoms with van der Waals surface area (Å²) < 4.78 is 17.5. The number of cyclic esters (lactones) is 1. The van der Waals surface area contributed by atoms with Crippen LogP contribution in [0.4, 0.5) is 0 Å². The van der Waals surface area contributed by atoms with Gasteiger partial charge in [-0.25, -0.2) is 4.79 Å². The second-order valence-electron chi connectivity index (χ2n) is 10.2. The van der Waals surface area contributed by atoms with E-state index in [1.54, 1.807) is 6.07 Å². The summed E-state index contributed by atoms with van der Waals surface area (Å²) in [6, 6.07) is 11.2. The third kappa shape index (κ3) is 5.39. The summed E-state index contributed by atoms with van der Waals surface area (Å²) in [5.41, 5.74) is -1.07. The fourth-order valence-electron chi connectivity index (χ4n) is 5.38. The van der Waals surface area contributed by atoms with Gasteiger partial charge in [0.1, 0.15) is 23.7 Å².